The zero-order valence-corrected chi connectivity index (χ0v) is 14.8. The van der Waals surface area contributed by atoms with Crippen LogP contribution in [0.5, 0.6) is 0 Å². The van der Waals surface area contributed by atoms with Crippen LogP contribution in [0.4, 0.5) is 5.69 Å². The molecule has 0 saturated heterocycles. The van der Waals surface area contributed by atoms with Crippen molar-refractivity contribution >= 4 is 37.5 Å². The third-order valence-corrected chi connectivity index (χ3v) is 4.24. The van der Waals surface area contributed by atoms with E-state index in [0.717, 1.165) is 22.0 Å². The molecule has 0 heterocycles. The summed E-state index contributed by atoms with van der Waals surface area (Å²) in [5, 5.41) is 3.17. The van der Waals surface area contributed by atoms with Gasteiger partial charge in [0.05, 0.1) is 5.69 Å². The Balaban J connectivity index is 2.14. The van der Waals surface area contributed by atoms with Crippen molar-refractivity contribution < 1.29 is 0 Å². The van der Waals surface area contributed by atoms with Gasteiger partial charge >= 0.3 is 0 Å². The molecule has 0 unspecified atom stereocenters. The first-order chi connectivity index (χ1) is 9.60. The van der Waals surface area contributed by atoms with Gasteiger partial charge in [0.15, 0.2) is 0 Å². The van der Waals surface area contributed by atoms with E-state index in [1.807, 2.05) is 13.1 Å². The molecule has 2 aromatic rings. The van der Waals surface area contributed by atoms with Crippen molar-refractivity contribution in [2.75, 3.05) is 19.0 Å². The number of anilines is 1. The average Bonchev–Trinajstić information content (AvgIpc) is 2.39. The van der Waals surface area contributed by atoms with Crippen LogP contribution >= 0.6 is 31.9 Å². The molecular weight excluding hydrogens is 380 g/mol. The third-order valence-electron chi connectivity index (χ3n) is 3.11. The van der Waals surface area contributed by atoms with E-state index >= 15 is 0 Å². The van der Waals surface area contributed by atoms with E-state index in [4.69, 9.17) is 0 Å². The molecule has 2 aromatic carbocycles. The highest BCUT2D eigenvalue weighted by molar-refractivity contribution is 9.10. The van der Waals surface area contributed by atoms with Crippen molar-refractivity contribution in [2.45, 2.75) is 13.1 Å². The fourth-order valence-corrected chi connectivity index (χ4v) is 3.34. The van der Waals surface area contributed by atoms with Crippen LogP contribution in [-0.2, 0) is 13.1 Å². The van der Waals surface area contributed by atoms with Crippen LogP contribution in [0, 0.1) is 0 Å². The van der Waals surface area contributed by atoms with Crippen molar-refractivity contribution in [2.24, 2.45) is 0 Å². The molecule has 0 radical (unpaired) electrons. The maximum Gasteiger partial charge on any atom is 0.0511 e. The molecule has 1 N–H and O–H groups in total. The van der Waals surface area contributed by atoms with Gasteiger partial charge in [0.2, 0.25) is 0 Å². The second-order valence-electron chi connectivity index (χ2n) is 4.80. The van der Waals surface area contributed by atoms with Crippen LogP contribution in [0.25, 0.3) is 0 Å². The van der Waals surface area contributed by atoms with Gasteiger partial charge in [-0.2, -0.15) is 0 Å². The lowest BCUT2D eigenvalue weighted by molar-refractivity contribution is 0.816. The van der Waals surface area contributed by atoms with Crippen LogP contribution in [0.1, 0.15) is 11.1 Å². The zero-order chi connectivity index (χ0) is 14.5. The number of rotatable bonds is 5. The van der Waals surface area contributed by atoms with E-state index < -0.39 is 0 Å². The summed E-state index contributed by atoms with van der Waals surface area (Å²) in [6, 6.07) is 14.9. The lowest BCUT2D eigenvalue weighted by Crippen LogP contribution is -2.17. The maximum atomic E-state index is 3.67. The molecule has 2 nitrogen and oxygen atoms in total. The summed E-state index contributed by atoms with van der Waals surface area (Å²) in [5.41, 5.74) is 3.76. The summed E-state index contributed by atoms with van der Waals surface area (Å²) in [7, 11) is 4.07. The Morgan fingerprint density at radius 3 is 2.50 bits per heavy atom. The fourth-order valence-electron chi connectivity index (χ4n) is 2.17. The number of benzene rings is 2. The summed E-state index contributed by atoms with van der Waals surface area (Å²) in [4.78, 5) is 2.25. The Morgan fingerprint density at radius 1 is 1.05 bits per heavy atom. The summed E-state index contributed by atoms with van der Waals surface area (Å²) in [6.07, 6.45) is 0. The largest absolute Gasteiger partial charge is 0.369 e. The van der Waals surface area contributed by atoms with Gasteiger partial charge in [-0.05, 0) is 58.4 Å². The second kappa shape index (κ2) is 7.25. The molecule has 0 aliphatic heterocycles. The summed E-state index contributed by atoms with van der Waals surface area (Å²) in [5.74, 6) is 0. The molecule has 0 spiro atoms. The monoisotopic (exact) mass is 396 g/mol. The Bertz CT molecular complexity index is 584. The predicted octanol–water partition coefficient (Wildman–Crippen LogP) is 4.57. The quantitative estimate of drug-likeness (QED) is 0.794. The highest BCUT2D eigenvalue weighted by atomic mass is 79.9. The lowest BCUT2D eigenvalue weighted by Gasteiger charge is -2.21. The number of nitrogens with one attached hydrogen (secondary N) is 1. The molecule has 0 aromatic heterocycles. The number of hydrogen-bond donors (Lipinski definition) is 1. The SMILES string of the molecule is CNCc1ccc(N(C)Cc2cccc(Br)c2)c(Br)c1. The first-order valence-electron chi connectivity index (χ1n) is 6.49. The standard InChI is InChI=1S/C16H18Br2N2/c1-19-10-12-6-7-16(15(18)9-12)20(2)11-13-4-3-5-14(17)8-13/h3-9,19H,10-11H2,1-2H3. The van der Waals surface area contributed by atoms with Gasteiger partial charge in [-0.1, -0.05) is 34.1 Å². The summed E-state index contributed by atoms with van der Waals surface area (Å²) < 4.78 is 2.24. The van der Waals surface area contributed by atoms with Crippen LogP contribution in [0.15, 0.2) is 51.4 Å². The van der Waals surface area contributed by atoms with Crippen LogP contribution in [0.3, 0.4) is 0 Å². The summed E-state index contributed by atoms with van der Waals surface area (Å²) in [6.45, 7) is 1.76. The first kappa shape index (κ1) is 15.5. The maximum absolute atomic E-state index is 3.67. The molecule has 4 heteroatoms. The van der Waals surface area contributed by atoms with Crippen LogP contribution in [-0.4, -0.2) is 14.1 Å². The molecule has 0 fully saturated rings. The highest BCUT2D eigenvalue weighted by Crippen LogP contribution is 2.28. The molecule has 2 rings (SSSR count). The lowest BCUT2D eigenvalue weighted by atomic mass is 10.1. The molecule has 0 bridgehead atoms. The Hall–Kier alpha value is -0.840. The highest BCUT2D eigenvalue weighted by Gasteiger charge is 2.07. The molecule has 0 aliphatic rings. The van der Waals surface area contributed by atoms with Gasteiger partial charge in [-0.3, -0.25) is 0 Å². The third kappa shape index (κ3) is 4.08. The average molecular weight is 398 g/mol. The van der Waals surface area contributed by atoms with Crippen LogP contribution in [0.2, 0.25) is 0 Å². The minimum atomic E-state index is 0.878. The first-order valence-corrected chi connectivity index (χ1v) is 8.07. The predicted molar refractivity (Wildman–Crippen MR) is 93.2 cm³/mol. The van der Waals surface area contributed by atoms with Gasteiger partial charge < -0.3 is 10.2 Å². The van der Waals surface area contributed by atoms with Crippen molar-refractivity contribution in [3.63, 3.8) is 0 Å². The zero-order valence-electron chi connectivity index (χ0n) is 11.7. The minimum absolute atomic E-state index is 0.878. The molecular formula is C16H18Br2N2. The van der Waals surface area contributed by atoms with Crippen molar-refractivity contribution in [3.05, 3.63) is 62.5 Å². The number of halogens is 2. The van der Waals surface area contributed by atoms with Crippen LogP contribution < -0.4 is 10.2 Å². The van der Waals surface area contributed by atoms with Gasteiger partial charge in [-0.25, -0.2) is 0 Å². The van der Waals surface area contributed by atoms with Gasteiger partial charge in [0.25, 0.3) is 0 Å². The fraction of sp³-hybridized carbons (Fsp3) is 0.250. The Morgan fingerprint density at radius 2 is 1.85 bits per heavy atom. The smallest absolute Gasteiger partial charge is 0.0511 e. The Labute approximate surface area is 137 Å². The van der Waals surface area contributed by atoms with Crippen molar-refractivity contribution in [1.82, 2.24) is 5.32 Å². The van der Waals surface area contributed by atoms with E-state index in [-0.39, 0.29) is 0 Å². The van der Waals surface area contributed by atoms with E-state index in [2.05, 4.69) is 85.5 Å². The normalized spacial score (nSPS) is 10.6. The van der Waals surface area contributed by atoms with E-state index in [9.17, 15) is 0 Å². The van der Waals surface area contributed by atoms with Crippen molar-refractivity contribution in [1.29, 1.82) is 0 Å². The van der Waals surface area contributed by atoms with Crippen molar-refractivity contribution in [3.8, 4) is 0 Å². The minimum Gasteiger partial charge on any atom is -0.369 e. The number of hydrogen-bond acceptors (Lipinski definition) is 2. The Kier molecular flexibility index (Phi) is 5.64. The topological polar surface area (TPSA) is 15.3 Å². The van der Waals surface area contributed by atoms with E-state index in [1.54, 1.807) is 0 Å². The molecule has 0 amide bonds. The van der Waals surface area contributed by atoms with Gasteiger partial charge in [0.1, 0.15) is 0 Å². The van der Waals surface area contributed by atoms with E-state index in [0.29, 0.717) is 0 Å². The van der Waals surface area contributed by atoms with Gasteiger partial charge in [-0.15, -0.1) is 0 Å². The molecule has 0 aliphatic carbocycles. The number of nitrogens with zero attached hydrogens (tertiary/aromatic N) is 1. The molecule has 0 saturated carbocycles. The summed E-state index contributed by atoms with van der Waals surface area (Å²) >= 11 is 7.18. The molecule has 20 heavy (non-hydrogen) atoms. The second-order valence-corrected chi connectivity index (χ2v) is 6.57. The van der Waals surface area contributed by atoms with E-state index in [1.165, 1.54) is 16.8 Å². The van der Waals surface area contributed by atoms with Gasteiger partial charge in [0, 0.05) is 29.1 Å². The molecule has 106 valence electrons. The molecule has 0 atom stereocenters.